The van der Waals surface area contributed by atoms with E-state index in [-0.39, 0.29) is 11.5 Å². The van der Waals surface area contributed by atoms with Crippen molar-refractivity contribution in [2.24, 2.45) is 0 Å². The molecule has 0 amide bonds. The van der Waals surface area contributed by atoms with Gasteiger partial charge in [0, 0.05) is 30.1 Å². The van der Waals surface area contributed by atoms with Gasteiger partial charge in [0.25, 0.3) is 0 Å². The largest absolute Gasteiger partial charge is 0.342 e. The summed E-state index contributed by atoms with van der Waals surface area (Å²) in [6.45, 7) is 3.16. The number of hydrogen-bond donors (Lipinski definition) is 1. The molecule has 0 saturated heterocycles. The van der Waals surface area contributed by atoms with Crippen LogP contribution in [0.1, 0.15) is 19.0 Å². The van der Waals surface area contributed by atoms with E-state index >= 15 is 0 Å². The average molecular weight is 294 g/mol. The van der Waals surface area contributed by atoms with Crippen molar-refractivity contribution in [2.75, 3.05) is 18.6 Å². The third-order valence-electron chi connectivity index (χ3n) is 3.40. The highest BCUT2D eigenvalue weighted by Gasteiger charge is 2.13. The van der Waals surface area contributed by atoms with Gasteiger partial charge < -0.3 is 9.88 Å². The lowest BCUT2D eigenvalue weighted by Gasteiger charge is -2.11. The Morgan fingerprint density at radius 3 is 2.65 bits per heavy atom. The molecule has 0 fully saturated rings. The predicted molar refractivity (Wildman–Crippen MR) is 83.6 cm³/mol. The van der Waals surface area contributed by atoms with Crippen molar-refractivity contribution in [1.29, 1.82) is 0 Å². The lowest BCUT2D eigenvalue weighted by Crippen LogP contribution is -2.18. The molecule has 0 bridgehead atoms. The van der Waals surface area contributed by atoms with Crippen molar-refractivity contribution in [1.82, 2.24) is 9.88 Å². The molecular weight excluding hydrogens is 272 g/mol. The van der Waals surface area contributed by atoms with Crippen LogP contribution in [0.15, 0.2) is 30.3 Å². The molecule has 2 aromatic rings. The van der Waals surface area contributed by atoms with E-state index < -0.39 is 9.84 Å². The molecule has 0 saturated carbocycles. The molecule has 1 heterocycles. The predicted octanol–water partition coefficient (Wildman–Crippen LogP) is 2.19. The normalized spacial score (nSPS) is 12.1. The number of fused-ring (bicyclic) bond motifs is 1. The van der Waals surface area contributed by atoms with Gasteiger partial charge in [-0.2, -0.15) is 0 Å². The van der Waals surface area contributed by atoms with E-state index in [4.69, 9.17) is 0 Å². The number of para-hydroxylation sites is 1. The highest BCUT2D eigenvalue weighted by molar-refractivity contribution is 7.91. The Morgan fingerprint density at radius 1 is 1.20 bits per heavy atom. The fourth-order valence-electron chi connectivity index (χ4n) is 2.50. The molecule has 0 radical (unpaired) electrons. The summed E-state index contributed by atoms with van der Waals surface area (Å²) in [5, 5.41) is 4.30. The monoisotopic (exact) mass is 294 g/mol. The van der Waals surface area contributed by atoms with Crippen LogP contribution in [0.4, 0.5) is 0 Å². The van der Waals surface area contributed by atoms with Crippen molar-refractivity contribution >= 4 is 20.7 Å². The Kier molecular flexibility index (Phi) is 4.83. The summed E-state index contributed by atoms with van der Waals surface area (Å²) in [5.74, 6) is 0.476. The quantitative estimate of drug-likeness (QED) is 0.851. The molecular formula is C15H22N2O2S. The van der Waals surface area contributed by atoms with E-state index in [1.165, 1.54) is 0 Å². The molecule has 0 atom stereocenters. The van der Waals surface area contributed by atoms with Crippen LogP contribution in [0, 0.1) is 0 Å². The number of nitrogens with zero attached hydrogens (tertiary/aromatic N) is 1. The summed E-state index contributed by atoms with van der Waals surface area (Å²) in [4.78, 5) is 0. The van der Waals surface area contributed by atoms with E-state index in [0.717, 1.165) is 23.1 Å². The zero-order valence-corrected chi connectivity index (χ0v) is 12.9. The van der Waals surface area contributed by atoms with E-state index in [2.05, 4.69) is 22.0 Å². The fourth-order valence-corrected chi connectivity index (χ4v) is 3.79. The first-order chi connectivity index (χ1) is 9.57. The van der Waals surface area contributed by atoms with Gasteiger partial charge in [0.2, 0.25) is 0 Å². The first-order valence-electron chi connectivity index (χ1n) is 6.99. The zero-order valence-electron chi connectivity index (χ0n) is 12.1. The number of aryl methyl sites for hydroxylation is 1. The van der Waals surface area contributed by atoms with Crippen molar-refractivity contribution in [3.8, 4) is 0 Å². The number of rotatable bonds is 7. The first kappa shape index (κ1) is 15.1. The minimum atomic E-state index is -2.95. The summed E-state index contributed by atoms with van der Waals surface area (Å²) in [6, 6.07) is 10.2. The molecule has 5 heteroatoms. The zero-order chi connectivity index (χ0) is 14.6. The van der Waals surface area contributed by atoms with Gasteiger partial charge in [0.05, 0.1) is 5.75 Å². The molecule has 20 heavy (non-hydrogen) atoms. The van der Waals surface area contributed by atoms with Gasteiger partial charge in [-0.1, -0.05) is 25.1 Å². The van der Waals surface area contributed by atoms with Gasteiger partial charge in [0.15, 0.2) is 9.84 Å². The molecule has 1 aromatic heterocycles. The highest BCUT2D eigenvalue weighted by atomic mass is 32.2. The van der Waals surface area contributed by atoms with Gasteiger partial charge in [-0.05, 0) is 31.0 Å². The third-order valence-corrected chi connectivity index (χ3v) is 5.23. The minimum absolute atomic E-state index is 0.205. The average Bonchev–Trinajstić information content (AvgIpc) is 2.74. The number of hydrogen-bond acceptors (Lipinski definition) is 3. The Hall–Kier alpha value is -1.33. The molecule has 0 aliphatic carbocycles. The molecule has 110 valence electrons. The molecule has 0 spiro atoms. The molecule has 2 rings (SSSR count). The molecule has 1 aromatic carbocycles. The maximum absolute atomic E-state index is 11.9. The molecule has 0 aliphatic rings. The second kappa shape index (κ2) is 6.41. The van der Waals surface area contributed by atoms with Gasteiger partial charge in [-0.15, -0.1) is 0 Å². The van der Waals surface area contributed by atoms with Gasteiger partial charge in [-0.25, -0.2) is 8.42 Å². The maximum Gasteiger partial charge on any atom is 0.152 e. The van der Waals surface area contributed by atoms with Crippen molar-refractivity contribution < 1.29 is 8.42 Å². The van der Waals surface area contributed by atoms with E-state index in [1.807, 2.05) is 32.2 Å². The maximum atomic E-state index is 11.9. The Morgan fingerprint density at radius 2 is 1.95 bits per heavy atom. The van der Waals surface area contributed by atoms with Crippen LogP contribution in [-0.4, -0.2) is 31.5 Å². The van der Waals surface area contributed by atoms with Crippen LogP contribution >= 0.6 is 0 Å². The Bertz CT molecular complexity index is 674. The van der Waals surface area contributed by atoms with E-state index in [0.29, 0.717) is 13.0 Å². The van der Waals surface area contributed by atoms with E-state index in [1.54, 1.807) is 0 Å². The molecule has 0 unspecified atom stereocenters. The molecule has 4 nitrogen and oxygen atoms in total. The second-order valence-corrected chi connectivity index (χ2v) is 7.33. The summed E-state index contributed by atoms with van der Waals surface area (Å²) >= 11 is 0. The van der Waals surface area contributed by atoms with Gasteiger partial charge >= 0.3 is 0 Å². The summed E-state index contributed by atoms with van der Waals surface area (Å²) < 4.78 is 25.9. The van der Waals surface area contributed by atoms with E-state index in [9.17, 15) is 8.42 Å². The van der Waals surface area contributed by atoms with Crippen LogP contribution in [-0.2, 0) is 22.9 Å². The number of benzene rings is 1. The van der Waals surface area contributed by atoms with Crippen molar-refractivity contribution in [2.45, 2.75) is 26.4 Å². The topological polar surface area (TPSA) is 51.1 Å². The standard InChI is InChI=1S/C15H22N2O2S/c1-3-9-20(18,19)10-8-17-14(12-16-2)11-13-6-4-5-7-15(13)17/h4-7,11,16H,3,8-10,12H2,1-2H3. The number of sulfone groups is 1. The SMILES string of the molecule is CCCS(=O)(=O)CCn1c(CNC)cc2ccccc21. The van der Waals surface area contributed by atoms with Crippen molar-refractivity contribution in [3.05, 3.63) is 36.0 Å². The van der Waals surface area contributed by atoms with Gasteiger partial charge in [-0.3, -0.25) is 0 Å². The van der Waals surface area contributed by atoms with Crippen LogP contribution in [0.3, 0.4) is 0 Å². The second-order valence-electron chi connectivity index (χ2n) is 5.03. The summed E-state index contributed by atoms with van der Waals surface area (Å²) in [5.41, 5.74) is 2.23. The van der Waals surface area contributed by atoms with Crippen LogP contribution in [0.25, 0.3) is 10.9 Å². The fraction of sp³-hybridized carbons (Fsp3) is 0.467. The summed E-state index contributed by atoms with van der Waals surface area (Å²) in [6.07, 6.45) is 0.679. The number of aromatic nitrogens is 1. The summed E-state index contributed by atoms with van der Waals surface area (Å²) in [7, 11) is -1.05. The van der Waals surface area contributed by atoms with Crippen LogP contribution in [0.5, 0.6) is 0 Å². The molecule has 0 aliphatic heterocycles. The number of nitrogens with one attached hydrogen (secondary N) is 1. The lowest BCUT2D eigenvalue weighted by molar-refractivity contribution is 0.586. The van der Waals surface area contributed by atoms with Crippen LogP contribution < -0.4 is 5.32 Å². The Balaban J connectivity index is 2.29. The molecule has 1 N–H and O–H groups in total. The first-order valence-corrected chi connectivity index (χ1v) is 8.81. The smallest absolute Gasteiger partial charge is 0.152 e. The lowest BCUT2D eigenvalue weighted by atomic mass is 10.2. The van der Waals surface area contributed by atoms with Crippen molar-refractivity contribution in [3.63, 3.8) is 0 Å². The Labute approximate surface area is 120 Å². The van der Waals surface area contributed by atoms with Crippen LogP contribution in [0.2, 0.25) is 0 Å². The minimum Gasteiger partial charge on any atom is -0.342 e. The third kappa shape index (κ3) is 3.41. The van der Waals surface area contributed by atoms with Gasteiger partial charge in [0.1, 0.15) is 0 Å². The highest BCUT2D eigenvalue weighted by Crippen LogP contribution is 2.20.